The lowest BCUT2D eigenvalue weighted by Gasteiger charge is -2.13. The zero-order valence-corrected chi connectivity index (χ0v) is 15.5. The van der Waals surface area contributed by atoms with Crippen LogP contribution in [0, 0.1) is 0 Å². The first kappa shape index (κ1) is 18.2. The number of unbranched alkanes of at least 4 members (excludes halogenated alkanes) is 2. The van der Waals surface area contributed by atoms with Crippen molar-refractivity contribution in [2.75, 3.05) is 6.54 Å². The zero-order chi connectivity index (χ0) is 16.8. The predicted molar refractivity (Wildman–Crippen MR) is 100 cm³/mol. The van der Waals surface area contributed by atoms with Crippen molar-refractivity contribution in [2.45, 2.75) is 25.7 Å². The molecular weight excluding hydrogens is 398 g/mol. The molecule has 1 heterocycles. The number of halogens is 1. The smallest absolute Gasteiger partial charge is 0.303 e. The number of carbonyl (C=O) groups excluding carboxylic acids is 1. The Morgan fingerprint density at radius 2 is 2.13 bits per heavy atom. The van der Waals surface area contributed by atoms with Gasteiger partial charge in [-0.1, -0.05) is 58.5 Å². The Morgan fingerprint density at radius 3 is 2.83 bits per heavy atom. The molecule has 1 aliphatic heterocycles. The lowest BCUT2D eigenvalue weighted by Crippen LogP contribution is -2.29. The summed E-state index contributed by atoms with van der Waals surface area (Å²) >= 11 is 10.0. The van der Waals surface area contributed by atoms with Crippen molar-refractivity contribution < 1.29 is 14.7 Å². The third-order valence-electron chi connectivity index (χ3n) is 3.29. The van der Waals surface area contributed by atoms with E-state index in [0.717, 1.165) is 22.9 Å². The van der Waals surface area contributed by atoms with Crippen LogP contribution in [0.4, 0.5) is 0 Å². The van der Waals surface area contributed by atoms with E-state index in [1.165, 1.54) is 11.8 Å². The Balaban J connectivity index is 1.93. The molecule has 0 bridgehead atoms. The second-order valence-electron chi connectivity index (χ2n) is 5.09. The van der Waals surface area contributed by atoms with Crippen LogP contribution < -0.4 is 0 Å². The molecule has 0 unspecified atom stereocenters. The van der Waals surface area contributed by atoms with Crippen LogP contribution in [-0.2, 0) is 9.59 Å². The second kappa shape index (κ2) is 8.61. The van der Waals surface area contributed by atoms with E-state index in [-0.39, 0.29) is 12.3 Å². The number of carboxylic acids is 1. The summed E-state index contributed by atoms with van der Waals surface area (Å²) in [5, 5.41) is 8.60. The van der Waals surface area contributed by atoms with Crippen LogP contribution in [0.2, 0.25) is 0 Å². The van der Waals surface area contributed by atoms with Crippen LogP contribution in [-0.4, -0.2) is 32.7 Å². The molecule has 7 heteroatoms. The number of hydrogen-bond acceptors (Lipinski definition) is 4. The molecule has 1 aromatic rings. The molecule has 1 amide bonds. The third kappa shape index (κ3) is 5.44. The molecule has 0 atom stereocenters. The van der Waals surface area contributed by atoms with E-state index in [9.17, 15) is 9.59 Å². The SMILES string of the molecule is O=C(O)CCCCCN1C(=O)/C(=C\c2cccc(Br)c2)SC1=S. The molecule has 0 spiro atoms. The number of nitrogens with zero attached hydrogens (tertiary/aromatic N) is 1. The molecule has 1 saturated heterocycles. The Labute approximate surface area is 153 Å². The minimum atomic E-state index is -0.785. The second-order valence-corrected chi connectivity index (χ2v) is 7.68. The van der Waals surface area contributed by atoms with Crippen molar-refractivity contribution >= 4 is 62.2 Å². The molecule has 4 nitrogen and oxygen atoms in total. The van der Waals surface area contributed by atoms with Crippen molar-refractivity contribution in [2.24, 2.45) is 0 Å². The number of amides is 1. The molecule has 1 fully saturated rings. The predicted octanol–water partition coefficient (Wildman–Crippen LogP) is 4.30. The molecule has 23 heavy (non-hydrogen) atoms. The first-order chi connectivity index (χ1) is 11.0. The highest BCUT2D eigenvalue weighted by molar-refractivity contribution is 9.10. The van der Waals surface area contributed by atoms with Crippen molar-refractivity contribution in [3.63, 3.8) is 0 Å². The Kier molecular flexibility index (Phi) is 6.80. The third-order valence-corrected chi connectivity index (χ3v) is 5.16. The number of carboxylic acid groups (broad SMARTS) is 1. The van der Waals surface area contributed by atoms with Gasteiger partial charge in [0.15, 0.2) is 0 Å². The summed E-state index contributed by atoms with van der Waals surface area (Å²) < 4.78 is 1.52. The number of thioether (sulfide) groups is 1. The van der Waals surface area contributed by atoms with Gasteiger partial charge >= 0.3 is 5.97 Å². The standard InChI is InChI=1S/C16H16BrNO3S2/c17-12-6-4-5-11(9-12)10-13-15(21)18(16(22)23-13)8-3-1-2-7-14(19)20/h4-6,9-10H,1-3,7-8H2,(H,19,20)/b13-10+. The zero-order valence-electron chi connectivity index (χ0n) is 12.3. The first-order valence-electron chi connectivity index (χ1n) is 7.20. The fourth-order valence-corrected chi connectivity index (χ4v) is 3.89. The van der Waals surface area contributed by atoms with Gasteiger partial charge in [-0.05, 0) is 36.6 Å². The van der Waals surface area contributed by atoms with Gasteiger partial charge in [0.25, 0.3) is 5.91 Å². The molecular formula is C16H16BrNO3S2. The van der Waals surface area contributed by atoms with Crippen molar-refractivity contribution in [1.82, 2.24) is 4.90 Å². The van der Waals surface area contributed by atoms with Crippen LogP contribution in [0.1, 0.15) is 31.2 Å². The van der Waals surface area contributed by atoms with Crippen LogP contribution >= 0.6 is 39.9 Å². The fraction of sp³-hybridized carbons (Fsp3) is 0.312. The van der Waals surface area contributed by atoms with Gasteiger partial charge in [-0.25, -0.2) is 0 Å². The molecule has 2 rings (SSSR count). The molecule has 0 radical (unpaired) electrons. The molecule has 1 aliphatic rings. The summed E-state index contributed by atoms with van der Waals surface area (Å²) in [5.74, 6) is -0.856. The quantitative estimate of drug-likeness (QED) is 0.410. The summed E-state index contributed by atoms with van der Waals surface area (Å²) in [6, 6.07) is 7.72. The number of thiocarbonyl (C=S) groups is 1. The summed E-state index contributed by atoms with van der Waals surface area (Å²) in [6.45, 7) is 0.542. The van der Waals surface area contributed by atoms with Gasteiger partial charge in [-0.15, -0.1) is 0 Å². The van der Waals surface area contributed by atoms with Gasteiger partial charge in [0.2, 0.25) is 0 Å². The normalized spacial score (nSPS) is 16.4. The maximum absolute atomic E-state index is 12.4. The molecule has 0 aromatic heterocycles. The highest BCUT2D eigenvalue weighted by Crippen LogP contribution is 2.33. The van der Waals surface area contributed by atoms with Gasteiger partial charge in [0.1, 0.15) is 4.32 Å². The average Bonchev–Trinajstić information content (AvgIpc) is 2.74. The van der Waals surface area contributed by atoms with Gasteiger partial charge < -0.3 is 5.11 Å². The molecule has 0 saturated carbocycles. The van der Waals surface area contributed by atoms with E-state index in [2.05, 4.69) is 15.9 Å². The number of aliphatic carboxylic acids is 1. The minimum Gasteiger partial charge on any atom is -0.481 e. The number of carbonyl (C=O) groups is 2. The molecule has 0 aliphatic carbocycles. The number of rotatable bonds is 7. The van der Waals surface area contributed by atoms with Crippen LogP contribution in [0.5, 0.6) is 0 Å². The van der Waals surface area contributed by atoms with E-state index in [1.807, 2.05) is 30.3 Å². The Bertz CT molecular complexity index is 660. The largest absolute Gasteiger partial charge is 0.481 e. The van der Waals surface area contributed by atoms with E-state index in [0.29, 0.717) is 22.2 Å². The van der Waals surface area contributed by atoms with Gasteiger partial charge in [0, 0.05) is 17.4 Å². The van der Waals surface area contributed by atoms with E-state index < -0.39 is 5.97 Å². The Hall–Kier alpha value is -1.18. The van der Waals surface area contributed by atoms with Crippen LogP contribution in [0.3, 0.4) is 0 Å². The van der Waals surface area contributed by atoms with Crippen molar-refractivity contribution in [3.05, 3.63) is 39.2 Å². The lowest BCUT2D eigenvalue weighted by atomic mass is 10.2. The van der Waals surface area contributed by atoms with Crippen molar-refractivity contribution in [3.8, 4) is 0 Å². The van der Waals surface area contributed by atoms with Crippen molar-refractivity contribution in [1.29, 1.82) is 0 Å². The summed E-state index contributed by atoms with van der Waals surface area (Å²) in [5.41, 5.74) is 0.946. The molecule has 1 N–H and O–H groups in total. The summed E-state index contributed by atoms with van der Waals surface area (Å²) in [7, 11) is 0. The lowest BCUT2D eigenvalue weighted by molar-refractivity contribution is -0.137. The van der Waals surface area contributed by atoms with Gasteiger partial charge in [-0.3, -0.25) is 14.5 Å². The molecule has 1 aromatic carbocycles. The Morgan fingerprint density at radius 1 is 1.35 bits per heavy atom. The minimum absolute atomic E-state index is 0.0711. The number of benzene rings is 1. The van der Waals surface area contributed by atoms with Gasteiger partial charge in [0.05, 0.1) is 4.91 Å². The van der Waals surface area contributed by atoms with E-state index in [4.69, 9.17) is 17.3 Å². The number of hydrogen-bond donors (Lipinski definition) is 1. The summed E-state index contributed by atoms with van der Waals surface area (Å²) in [6.07, 6.45) is 4.16. The maximum atomic E-state index is 12.4. The topological polar surface area (TPSA) is 57.6 Å². The fourth-order valence-electron chi connectivity index (χ4n) is 2.16. The van der Waals surface area contributed by atoms with Crippen LogP contribution in [0.15, 0.2) is 33.6 Å². The highest BCUT2D eigenvalue weighted by atomic mass is 79.9. The maximum Gasteiger partial charge on any atom is 0.303 e. The highest BCUT2D eigenvalue weighted by Gasteiger charge is 2.31. The van der Waals surface area contributed by atoms with Crippen LogP contribution in [0.25, 0.3) is 6.08 Å². The first-order valence-corrected chi connectivity index (χ1v) is 9.22. The molecule has 122 valence electrons. The van der Waals surface area contributed by atoms with E-state index in [1.54, 1.807) is 4.90 Å². The average molecular weight is 414 g/mol. The van der Waals surface area contributed by atoms with E-state index >= 15 is 0 Å². The van der Waals surface area contributed by atoms with Gasteiger partial charge in [-0.2, -0.15) is 0 Å². The summed E-state index contributed by atoms with van der Waals surface area (Å²) in [4.78, 5) is 25.1. The monoisotopic (exact) mass is 413 g/mol.